The number of carbonyl (C=O) groups is 1. The zero-order chi connectivity index (χ0) is 14.3. The number of hydrogen-bond acceptors (Lipinski definition) is 4. The fourth-order valence-corrected chi connectivity index (χ4v) is 2.86. The Morgan fingerprint density at radius 1 is 1.35 bits per heavy atom. The number of rotatable bonds is 4. The molecule has 1 aliphatic heterocycles. The third-order valence-electron chi connectivity index (χ3n) is 4.29. The predicted octanol–water partition coefficient (Wildman–Crippen LogP) is 0.245. The van der Waals surface area contributed by atoms with Gasteiger partial charge in [0.1, 0.15) is 11.4 Å². The zero-order valence-corrected chi connectivity index (χ0v) is 11.3. The van der Waals surface area contributed by atoms with Gasteiger partial charge in [0.25, 0.3) is 0 Å². The van der Waals surface area contributed by atoms with Crippen molar-refractivity contribution >= 4 is 5.91 Å². The highest BCUT2D eigenvalue weighted by atomic mass is 16.3. The quantitative estimate of drug-likeness (QED) is 0.735. The Morgan fingerprint density at radius 3 is 2.50 bits per heavy atom. The van der Waals surface area contributed by atoms with Crippen LogP contribution in [-0.4, -0.2) is 45.8 Å². The molecule has 20 heavy (non-hydrogen) atoms. The number of amides is 1. The van der Waals surface area contributed by atoms with E-state index < -0.39 is 11.6 Å². The molecule has 108 valence electrons. The van der Waals surface area contributed by atoms with E-state index in [4.69, 9.17) is 5.73 Å². The van der Waals surface area contributed by atoms with Gasteiger partial charge in [0.05, 0.1) is 19.1 Å². The van der Waals surface area contributed by atoms with Crippen LogP contribution >= 0.6 is 0 Å². The first kappa shape index (κ1) is 13.4. The molecule has 1 aliphatic carbocycles. The van der Waals surface area contributed by atoms with Crippen LogP contribution in [0.15, 0.2) is 24.3 Å². The smallest absolute Gasteiger partial charge is 0.240 e. The van der Waals surface area contributed by atoms with E-state index in [-0.39, 0.29) is 11.7 Å². The largest absolute Gasteiger partial charge is 0.508 e. The number of phenols is 1. The van der Waals surface area contributed by atoms with Crippen LogP contribution in [0.25, 0.3) is 0 Å². The van der Waals surface area contributed by atoms with E-state index in [0.29, 0.717) is 25.4 Å². The van der Waals surface area contributed by atoms with E-state index in [1.165, 1.54) is 0 Å². The van der Waals surface area contributed by atoms with E-state index in [1.54, 1.807) is 29.2 Å². The molecule has 0 bridgehead atoms. The Kier molecular flexibility index (Phi) is 3.18. The molecule has 1 heterocycles. The predicted molar refractivity (Wildman–Crippen MR) is 74.0 cm³/mol. The zero-order valence-electron chi connectivity index (χ0n) is 11.3. The van der Waals surface area contributed by atoms with Crippen LogP contribution in [0.5, 0.6) is 5.75 Å². The molecule has 2 fully saturated rings. The van der Waals surface area contributed by atoms with Crippen molar-refractivity contribution in [3.63, 3.8) is 0 Å². The van der Waals surface area contributed by atoms with Crippen LogP contribution in [0.2, 0.25) is 0 Å². The first-order chi connectivity index (χ1) is 9.48. The lowest BCUT2D eigenvalue weighted by atomic mass is 9.88. The number of nitrogens with zero attached hydrogens (tertiary/aromatic N) is 1. The van der Waals surface area contributed by atoms with Crippen molar-refractivity contribution in [2.45, 2.75) is 30.9 Å². The molecular weight excluding hydrogens is 256 g/mol. The van der Waals surface area contributed by atoms with E-state index in [1.807, 2.05) is 0 Å². The molecule has 1 saturated heterocycles. The van der Waals surface area contributed by atoms with Crippen LogP contribution in [0, 0.1) is 5.92 Å². The second kappa shape index (κ2) is 4.75. The van der Waals surface area contributed by atoms with Gasteiger partial charge in [-0.1, -0.05) is 12.1 Å². The van der Waals surface area contributed by atoms with E-state index in [2.05, 4.69) is 0 Å². The van der Waals surface area contributed by atoms with Gasteiger partial charge >= 0.3 is 0 Å². The molecular formula is C15H20N2O3. The number of phenolic OH excluding ortho intramolecular Hbond substituents is 1. The highest BCUT2D eigenvalue weighted by molar-refractivity contribution is 5.83. The first-order valence-corrected chi connectivity index (χ1v) is 7.02. The number of likely N-dealkylation sites (tertiary alicyclic amines) is 1. The summed E-state index contributed by atoms with van der Waals surface area (Å²) < 4.78 is 0. The minimum atomic E-state index is -0.659. The van der Waals surface area contributed by atoms with Crippen LogP contribution in [-0.2, 0) is 11.2 Å². The second-order valence-corrected chi connectivity index (χ2v) is 6.05. The maximum Gasteiger partial charge on any atom is 0.240 e. The average Bonchev–Trinajstić information content (AvgIpc) is 3.21. The monoisotopic (exact) mass is 276 g/mol. The Labute approximate surface area is 118 Å². The number of carbonyl (C=O) groups excluding carboxylic acids is 1. The molecule has 1 aromatic rings. The van der Waals surface area contributed by atoms with Crippen molar-refractivity contribution in [2.24, 2.45) is 11.7 Å². The highest BCUT2D eigenvalue weighted by Crippen LogP contribution is 2.44. The van der Waals surface area contributed by atoms with Crippen molar-refractivity contribution in [3.05, 3.63) is 29.8 Å². The van der Waals surface area contributed by atoms with Crippen LogP contribution in [0.1, 0.15) is 18.4 Å². The molecule has 1 saturated carbocycles. The summed E-state index contributed by atoms with van der Waals surface area (Å²) in [5.74, 6) is 0.467. The van der Waals surface area contributed by atoms with Crippen LogP contribution in [0.3, 0.4) is 0 Å². The van der Waals surface area contributed by atoms with Crippen molar-refractivity contribution in [2.75, 3.05) is 13.1 Å². The SMILES string of the molecule is N[C@@H](Cc1ccc(O)cc1)C(=O)N1CC(O)(C2CC2)C1. The Bertz CT molecular complexity index is 504. The van der Waals surface area contributed by atoms with Crippen molar-refractivity contribution in [3.8, 4) is 5.75 Å². The van der Waals surface area contributed by atoms with Gasteiger partial charge in [-0.3, -0.25) is 4.79 Å². The average molecular weight is 276 g/mol. The van der Waals surface area contributed by atoms with Crippen molar-refractivity contribution < 1.29 is 15.0 Å². The number of β-amino-alcohol motifs (C(OH)–C–C–N with tert-alkyl or cyclic N) is 1. The summed E-state index contributed by atoms with van der Waals surface area (Å²) in [6, 6.07) is 6.10. The molecule has 3 rings (SSSR count). The fourth-order valence-electron chi connectivity index (χ4n) is 2.86. The molecule has 5 heteroatoms. The standard InChI is InChI=1S/C15H20N2O3/c16-13(7-10-1-5-12(18)6-2-10)14(19)17-8-15(20,9-17)11-3-4-11/h1-2,5-6,11,13,18,20H,3-4,7-9,16H2/t13-/m0/s1. The van der Waals surface area contributed by atoms with Crippen molar-refractivity contribution in [1.29, 1.82) is 0 Å². The Hall–Kier alpha value is -1.59. The Morgan fingerprint density at radius 2 is 1.95 bits per heavy atom. The summed E-state index contributed by atoms with van der Waals surface area (Å²) in [6.07, 6.45) is 2.58. The number of nitrogens with two attached hydrogens (primary N) is 1. The molecule has 0 unspecified atom stereocenters. The third kappa shape index (κ3) is 2.51. The van der Waals surface area contributed by atoms with Crippen LogP contribution in [0.4, 0.5) is 0 Å². The van der Waals surface area contributed by atoms with Crippen LogP contribution < -0.4 is 5.73 Å². The summed E-state index contributed by atoms with van der Waals surface area (Å²) in [5.41, 5.74) is 6.20. The third-order valence-corrected chi connectivity index (χ3v) is 4.29. The van der Waals surface area contributed by atoms with Gasteiger partial charge < -0.3 is 20.8 Å². The second-order valence-electron chi connectivity index (χ2n) is 6.05. The maximum atomic E-state index is 12.2. The summed E-state index contributed by atoms with van der Waals surface area (Å²) in [5, 5.41) is 19.4. The molecule has 1 atom stereocenters. The lowest BCUT2D eigenvalue weighted by Gasteiger charge is -2.47. The number of aliphatic hydroxyl groups is 1. The van der Waals surface area contributed by atoms with Gasteiger partial charge in [-0.05, 0) is 42.9 Å². The summed E-state index contributed by atoms with van der Waals surface area (Å²) in [4.78, 5) is 13.8. The molecule has 1 aromatic carbocycles. The van der Waals surface area contributed by atoms with Gasteiger partial charge in [-0.25, -0.2) is 0 Å². The van der Waals surface area contributed by atoms with Gasteiger partial charge in [-0.15, -0.1) is 0 Å². The minimum Gasteiger partial charge on any atom is -0.508 e. The highest BCUT2D eigenvalue weighted by Gasteiger charge is 2.53. The number of benzene rings is 1. The summed E-state index contributed by atoms with van der Waals surface area (Å²) in [7, 11) is 0. The lowest BCUT2D eigenvalue weighted by Crippen LogP contribution is -2.67. The first-order valence-electron chi connectivity index (χ1n) is 7.02. The fraction of sp³-hybridized carbons (Fsp3) is 0.533. The number of hydrogen-bond donors (Lipinski definition) is 3. The number of aromatic hydroxyl groups is 1. The van der Waals surface area contributed by atoms with E-state index in [9.17, 15) is 15.0 Å². The lowest BCUT2D eigenvalue weighted by molar-refractivity contribution is -0.160. The summed E-state index contributed by atoms with van der Waals surface area (Å²) >= 11 is 0. The normalized spacial score (nSPS) is 22.2. The molecule has 4 N–H and O–H groups in total. The molecule has 0 spiro atoms. The topological polar surface area (TPSA) is 86.8 Å². The van der Waals surface area contributed by atoms with Crippen molar-refractivity contribution in [1.82, 2.24) is 4.90 Å². The van der Waals surface area contributed by atoms with Gasteiger partial charge in [0.15, 0.2) is 0 Å². The van der Waals surface area contributed by atoms with Gasteiger partial charge in [0.2, 0.25) is 5.91 Å². The molecule has 0 radical (unpaired) electrons. The molecule has 0 aromatic heterocycles. The minimum absolute atomic E-state index is 0.108. The van der Waals surface area contributed by atoms with Gasteiger partial charge in [0, 0.05) is 0 Å². The maximum absolute atomic E-state index is 12.2. The van der Waals surface area contributed by atoms with E-state index in [0.717, 1.165) is 18.4 Å². The van der Waals surface area contributed by atoms with Gasteiger partial charge in [-0.2, -0.15) is 0 Å². The van der Waals surface area contributed by atoms with E-state index >= 15 is 0 Å². The molecule has 1 amide bonds. The molecule has 5 nitrogen and oxygen atoms in total. The Balaban J connectivity index is 1.54. The summed E-state index contributed by atoms with van der Waals surface area (Å²) in [6.45, 7) is 0.833. The molecule has 2 aliphatic rings.